The molecule has 1 aromatic carbocycles. The monoisotopic (exact) mass is 287 g/mol. The molecule has 0 saturated heterocycles. The first kappa shape index (κ1) is 15.7. The van der Waals surface area contributed by atoms with E-state index in [9.17, 15) is 0 Å². The number of rotatable bonds is 7. The number of nitrogens with one attached hydrogen (secondary N) is 1. The molecular formula is C17H25N3O. The van der Waals surface area contributed by atoms with Crippen LogP contribution in [0, 0.1) is 0 Å². The molecule has 4 heteroatoms. The Morgan fingerprint density at radius 1 is 1.29 bits per heavy atom. The Bertz CT molecular complexity index is 583. The molecule has 0 aliphatic heterocycles. The van der Waals surface area contributed by atoms with Crippen LogP contribution in [0.1, 0.15) is 25.8 Å². The lowest BCUT2D eigenvalue weighted by molar-refractivity contribution is 0.288. The summed E-state index contributed by atoms with van der Waals surface area (Å²) < 4.78 is 0. The molecule has 0 saturated carbocycles. The number of aromatic nitrogens is 1. The van der Waals surface area contributed by atoms with Crippen LogP contribution in [0.4, 0.5) is 5.82 Å². The summed E-state index contributed by atoms with van der Waals surface area (Å²) in [5.41, 5.74) is 2.21. The standard InChI is InChI=1S/C17H25N3O/c1-13(2)20(9-6-10-21)17-15(12-18-3)11-14-7-4-5-8-16(14)19-17/h4-5,7-8,11,13,18,21H,6,9-10,12H2,1-3H3. The zero-order valence-electron chi connectivity index (χ0n) is 13.1. The maximum absolute atomic E-state index is 9.13. The molecule has 4 nitrogen and oxygen atoms in total. The van der Waals surface area contributed by atoms with Crippen LogP contribution in [0.2, 0.25) is 0 Å². The summed E-state index contributed by atoms with van der Waals surface area (Å²) in [6, 6.07) is 10.8. The zero-order valence-corrected chi connectivity index (χ0v) is 13.1. The highest BCUT2D eigenvalue weighted by molar-refractivity contribution is 5.81. The number of aliphatic hydroxyl groups excluding tert-OH is 1. The summed E-state index contributed by atoms with van der Waals surface area (Å²) in [7, 11) is 1.95. The van der Waals surface area contributed by atoms with Crippen molar-refractivity contribution in [3.63, 3.8) is 0 Å². The van der Waals surface area contributed by atoms with Crippen molar-refractivity contribution in [1.82, 2.24) is 10.3 Å². The van der Waals surface area contributed by atoms with Crippen molar-refractivity contribution >= 4 is 16.7 Å². The summed E-state index contributed by atoms with van der Waals surface area (Å²) in [6.45, 7) is 6.14. The van der Waals surface area contributed by atoms with Crippen LogP contribution >= 0.6 is 0 Å². The largest absolute Gasteiger partial charge is 0.396 e. The zero-order chi connectivity index (χ0) is 15.2. The molecule has 2 rings (SSSR count). The van der Waals surface area contributed by atoms with Crippen molar-refractivity contribution in [3.8, 4) is 0 Å². The number of anilines is 1. The molecule has 0 unspecified atom stereocenters. The van der Waals surface area contributed by atoms with Gasteiger partial charge in [0.1, 0.15) is 5.82 Å². The number of hydrogen-bond acceptors (Lipinski definition) is 4. The van der Waals surface area contributed by atoms with Crippen molar-refractivity contribution in [2.45, 2.75) is 32.9 Å². The first-order valence-corrected chi connectivity index (χ1v) is 7.58. The van der Waals surface area contributed by atoms with Crippen LogP contribution in [0.5, 0.6) is 0 Å². The van der Waals surface area contributed by atoms with Gasteiger partial charge < -0.3 is 15.3 Å². The lowest BCUT2D eigenvalue weighted by atomic mass is 10.1. The molecule has 0 radical (unpaired) electrons. The molecule has 21 heavy (non-hydrogen) atoms. The van der Waals surface area contributed by atoms with Crippen LogP contribution in [0.3, 0.4) is 0 Å². The Labute approximate surface area is 126 Å². The predicted octanol–water partition coefficient (Wildman–Crippen LogP) is 2.55. The van der Waals surface area contributed by atoms with Gasteiger partial charge in [-0.15, -0.1) is 0 Å². The summed E-state index contributed by atoms with van der Waals surface area (Å²) in [5, 5.41) is 13.5. The van der Waals surface area contributed by atoms with Gasteiger partial charge in [-0.05, 0) is 39.4 Å². The van der Waals surface area contributed by atoms with Crippen LogP contribution in [-0.2, 0) is 6.54 Å². The molecule has 0 fully saturated rings. The van der Waals surface area contributed by atoms with Gasteiger partial charge in [-0.2, -0.15) is 0 Å². The molecule has 0 atom stereocenters. The van der Waals surface area contributed by atoms with Crippen LogP contribution in [0.15, 0.2) is 30.3 Å². The molecule has 1 aromatic heterocycles. The first-order chi connectivity index (χ1) is 10.2. The summed E-state index contributed by atoms with van der Waals surface area (Å²) in [6.07, 6.45) is 0.756. The molecule has 114 valence electrons. The van der Waals surface area contributed by atoms with Crippen LogP contribution in [-0.4, -0.2) is 36.3 Å². The van der Waals surface area contributed by atoms with Crippen LogP contribution in [0.25, 0.3) is 10.9 Å². The highest BCUT2D eigenvalue weighted by Gasteiger charge is 2.16. The van der Waals surface area contributed by atoms with E-state index in [4.69, 9.17) is 10.1 Å². The van der Waals surface area contributed by atoms with E-state index in [0.717, 1.165) is 36.2 Å². The van der Waals surface area contributed by atoms with E-state index in [1.54, 1.807) is 0 Å². The number of hydrogen-bond donors (Lipinski definition) is 2. The molecule has 0 spiro atoms. The van der Waals surface area contributed by atoms with E-state index in [1.807, 2.05) is 25.2 Å². The van der Waals surface area contributed by atoms with Gasteiger partial charge in [0.2, 0.25) is 0 Å². The summed E-state index contributed by atoms with van der Waals surface area (Å²) in [5.74, 6) is 1.02. The molecule has 0 aliphatic rings. The average Bonchev–Trinajstić information content (AvgIpc) is 2.48. The van der Waals surface area contributed by atoms with Gasteiger partial charge >= 0.3 is 0 Å². The minimum absolute atomic E-state index is 0.207. The molecule has 1 heterocycles. The van der Waals surface area contributed by atoms with E-state index >= 15 is 0 Å². The van der Waals surface area contributed by atoms with Crippen molar-refractivity contribution in [3.05, 3.63) is 35.9 Å². The van der Waals surface area contributed by atoms with Crippen LogP contribution < -0.4 is 10.2 Å². The minimum Gasteiger partial charge on any atom is -0.396 e. The van der Waals surface area contributed by atoms with Crippen molar-refractivity contribution < 1.29 is 5.11 Å². The lowest BCUT2D eigenvalue weighted by Crippen LogP contribution is -2.34. The molecular weight excluding hydrogens is 262 g/mol. The minimum atomic E-state index is 0.207. The van der Waals surface area contributed by atoms with Gasteiger partial charge in [0.05, 0.1) is 5.52 Å². The second-order valence-corrected chi connectivity index (χ2v) is 5.56. The number of pyridine rings is 1. The predicted molar refractivity (Wildman–Crippen MR) is 88.7 cm³/mol. The molecule has 2 N–H and O–H groups in total. The van der Waals surface area contributed by atoms with E-state index in [0.29, 0.717) is 6.04 Å². The van der Waals surface area contributed by atoms with Crippen molar-refractivity contribution in [2.75, 3.05) is 25.1 Å². The van der Waals surface area contributed by atoms with Crippen molar-refractivity contribution in [1.29, 1.82) is 0 Å². The van der Waals surface area contributed by atoms with Gasteiger partial charge in [0.15, 0.2) is 0 Å². The summed E-state index contributed by atoms with van der Waals surface area (Å²) in [4.78, 5) is 7.15. The Kier molecular flexibility index (Phi) is 5.53. The van der Waals surface area contributed by atoms with Gasteiger partial charge in [-0.25, -0.2) is 4.98 Å². The van der Waals surface area contributed by atoms with E-state index < -0.39 is 0 Å². The smallest absolute Gasteiger partial charge is 0.134 e. The second kappa shape index (κ2) is 7.38. The van der Waals surface area contributed by atoms with Gasteiger partial charge in [-0.3, -0.25) is 0 Å². The molecule has 0 amide bonds. The van der Waals surface area contributed by atoms with Crippen molar-refractivity contribution in [2.24, 2.45) is 0 Å². The number of fused-ring (bicyclic) bond motifs is 1. The Balaban J connectivity index is 2.49. The lowest BCUT2D eigenvalue weighted by Gasteiger charge is -2.30. The third-order valence-corrected chi connectivity index (χ3v) is 3.60. The molecule has 2 aromatic rings. The molecule has 0 aliphatic carbocycles. The highest BCUT2D eigenvalue weighted by atomic mass is 16.3. The number of benzene rings is 1. The van der Waals surface area contributed by atoms with Gasteiger partial charge in [0.25, 0.3) is 0 Å². The maximum Gasteiger partial charge on any atom is 0.134 e. The second-order valence-electron chi connectivity index (χ2n) is 5.56. The normalized spacial score (nSPS) is 11.3. The number of aliphatic hydroxyl groups is 1. The fourth-order valence-electron chi connectivity index (χ4n) is 2.57. The van der Waals surface area contributed by atoms with E-state index in [1.165, 1.54) is 5.56 Å². The SMILES string of the molecule is CNCc1cc2ccccc2nc1N(CCCO)C(C)C. The topological polar surface area (TPSA) is 48.4 Å². The third-order valence-electron chi connectivity index (χ3n) is 3.60. The van der Waals surface area contributed by atoms with E-state index in [2.05, 4.69) is 36.2 Å². The Morgan fingerprint density at radius 2 is 2.05 bits per heavy atom. The first-order valence-electron chi connectivity index (χ1n) is 7.58. The van der Waals surface area contributed by atoms with E-state index in [-0.39, 0.29) is 6.61 Å². The quantitative estimate of drug-likeness (QED) is 0.821. The number of nitrogens with zero attached hydrogens (tertiary/aromatic N) is 2. The third kappa shape index (κ3) is 3.71. The highest BCUT2D eigenvalue weighted by Crippen LogP contribution is 2.25. The fourth-order valence-corrected chi connectivity index (χ4v) is 2.57. The van der Waals surface area contributed by atoms with Gasteiger partial charge in [0, 0.05) is 36.7 Å². The maximum atomic E-state index is 9.13. The number of para-hydroxylation sites is 1. The average molecular weight is 287 g/mol. The summed E-state index contributed by atoms with van der Waals surface area (Å²) >= 11 is 0. The fraction of sp³-hybridized carbons (Fsp3) is 0.471. The van der Waals surface area contributed by atoms with Gasteiger partial charge in [-0.1, -0.05) is 18.2 Å². The Morgan fingerprint density at radius 3 is 2.71 bits per heavy atom. The Hall–Kier alpha value is -1.65. The molecule has 0 bridgehead atoms.